The van der Waals surface area contributed by atoms with Gasteiger partial charge in [0.1, 0.15) is 0 Å². The minimum atomic E-state index is 0.311. The van der Waals surface area contributed by atoms with E-state index in [1.54, 1.807) is 0 Å². The summed E-state index contributed by atoms with van der Waals surface area (Å²) in [6.45, 7) is 3.06. The van der Waals surface area contributed by atoms with Gasteiger partial charge in [0.2, 0.25) is 0 Å². The summed E-state index contributed by atoms with van der Waals surface area (Å²) < 4.78 is 2.78. The van der Waals surface area contributed by atoms with E-state index < -0.39 is 0 Å². The Morgan fingerprint density at radius 3 is 2.85 bits per heavy atom. The number of hydrogen-bond acceptors (Lipinski definition) is 2. The Bertz CT molecular complexity index is 568. The van der Waals surface area contributed by atoms with E-state index >= 15 is 0 Å². The SMILES string of the molecule is CCNC(CCc1cnn(C)c1)c1ccc(Br)c(Cl)c1. The quantitative estimate of drug-likeness (QED) is 0.844. The van der Waals surface area contributed by atoms with Crippen LogP contribution in [0.2, 0.25) is 5.02 Å². The number of halogens is 2. The summed E-state index contributed by atoms with van der Waals surface area (Å²) in [5, 5.41) is 8.49. The summed E-state index contributed by atoms with van der Waals surface area (Å²) in [7, 11) is 1.94. The molecule has 1 aromatic heterocycles. The van der Waals surface area contributed by atoms with Gasteiger partial charge in [-0.15, -0.1) is 0 Å². The van der Waals surface area contributed by atoms with Crippen LogP contribution in [0.3, 0.4) is 0 Å². The largest absolute Gasteiger partial charge is 0.310 e. The van der Waals surface area contributed by atoms with Crippen LogP contribution in [0.1, 0.15) is 30.5 Å². The van der Waals surface area contributed by atoms with Crippen LogP contribution in [0.5, 0.6) is 0 Å². The first-order valence-corrected chi connectivity index (χ1v) is 7.93. The van der Waals surface area contributed by atoms with Crippen LogP contribution in [0.4, 0.5) is 0 Å². The number of nitrogens with one attached hydrogen (secondary N) is 1. The predicted octanol–water partition coefficient (Wildman–Crippen LogP) is 4.12. The third-order valence-electron chi connectivity index (χ3n) is 3.28. The highest BCUT2D eigenvalue weighted by Crippen LogP contribution is 2.27. The minimum absolute atomic E-state index is 0.311. The van der Waals surface area contributed by atoms with Gasteiger partial charge in [-0.3, -0.25) is 4.68 Å². The monoisotopic (exact) mass is 355 g/mol. The molecule has 0 aliphatic carbocycles. The third-order valence-corrected chi connectivity index (χ3v) is 4.51. The summed E-state index contributed by atoms with van der Waals surface area (Å²) in [6, 6.07) is 6.46. The first kappa shape index (κ1) is 15.5. The van der Waals surface area contributed by atoms with Gasteiger partial charge >= 0.3 is 0 Å². The van der Waals surface area contributed by atoms with Crippen LogP contribution < -0.4 is 5.32 Å². The number of aryl methyl sites for hydroxylation is 2. The van der Waals surface area contributed by atoms with Crippen molar-refractivity contribution in [3.63, 3.8) is 0 Å². The summed E-state index contributed by atoms with van der Waals surface area (Å²) in [4.78, 5) is 0. The lowest BCUT2D eigenvalue weighted by molar-refractivity contribution is 0.515. The molecule has 5 heteroatoms. The summed E-state index contributed by atoms with van der Waals surface area (Å²) in [6.07, 6.45) is 6.02. The molecule has 0 spiro atoms. The fourth-order valence-corrected chi connectivity index (χ4v) is 2.71. The Balaban J connectivity index is 2.07. The van der Waals surface area contributed by atoms with Crippen molar-refractivity contribution < 1.29 is 0 Å². The Morgan fingerprint density at radius 1 is 1.45 bits per heavy atom. The molecular weight excluding hydrogens is 338 g/mol. The molecule has 0 radical (unpaired) electrons. The molecule has 108 valence electrons. The highest BCUT2D eigenvalue weighted by Gasteiger charge is 2.12. The van der Waals surface area contributed by atoms with Gasteiger partial charge in [0.15, 0.2) is 0 Å². The number of nitrogens with zero attached hydrogens (tertiary/aromatic N) is 2. The molecule has 0 aliphatic rings. The van der Waals surface area contributed by atoms with Crippen molar-refractivity contribution >= 4 is 27.5 Å². The molecule has 0 saturated heterocycles. The van der Waals surface area contributed by atoms with Crippen LogP contribution in [-0.2, 0) is 13.5 Å². The molecule has 1 heterocycles. The van der Waals surface area contributed by atoms with Crippen LogP contribution >= 0.6 is 27.5 Å². The molecule has 0 bridgehead atoms. The Labute approximate surface area is 133 Å². The van der Waals surface area contributed by atoms with E-state index in [0.29, 0.717) is 6.04 Å². The van der Waals surface area contributed by atoms with Crippen molar-refractivity contribution in [1.82, 2.24) is 15.1 Å². The Hall–Kier alpha value is -0.840. The van der Waals surface area contributed by atoms with Crippen LogP contribution in [0, 0.1) is 0 Å². The van der Waals surface area contributed by atoms with Crippen molar-refractivity contribution in [2.45, 2.75) is 25.8 Å². The van der Waals surface area contributed by atoms with Gasteiger partial charge in [-0.05, 0) is 58.6 Å². The molecule has 0 saturated carbocycles. The fourth-order valence-electron chi connectivity index (χ4n) is 2.27. The molecule has 2 rings (SSSR count). The molecule has 2 aromatic rings. The molecule has 0 aliphatic heterocycles. The zero-order chi connectivity index (χ0) is 14.5. The molecule has 0 amide bonds. The van der Waals surface area contributed by atoms with E-state index in [9.17, 15) is 0 Å². The maximum absolute atomic E-state index is 6.19. The molecular formula is C15H19BrClN3. The topological polar surface area (TPSA) is 29.9 Å². The van der Waals surface area contributed by atoms with Gasteiger partial charge in [-0.1, -0.05) is 24.6 Å². The third kappa shape index (κ3) is 4.08. The first-order valence-electron chi connectivity index (χ1n) is 6.76. The summed E-state index contributed by atoms with van der Waals surface area (Å²) in [5.74, 6) is 0. The van der Waals surface area contributed by atoms with Crippen LogP contribution in [-0.4, -0.2) is 16.3 Å². The fraction of sp³-hybridized carbons (Fsp3) is 0.400. The normalized spacial score (nSPS) is 12.6. The zero-order valence-electron chi connectivity index (χ0n) is 11.7. The Morgan fingerprint density at radius 2 is 2.25 bits per heavy atom. The van der Waals surface area contributed by atoms with Crippen LogP contribution in [0.15, 0.2) is 35.1 Å². The smallest absolute Gasteiger partial charge is 0.0551 e. The summed E-state index contributed by atoms with van der Waals surface area (Å²) >= 11 is 9.62. The van der Waals surface area contributed by atoms with Crippen molar-refractivity contribution in [2.24, 2.45) is 7.05 Å². The molecule has 3 nitrogen and oxygen atoms in total. The van der Waals surface area contributed by atoms with Gasteiger partial charge < -0.3 is 5.32 Å². The van der Waals surface area contributed by atoms with E-state index in [1.165, 1.54) is 11.1 Å². The van der Waals surface area contributed by atoms with Gasteiger partial charge in [0.25, 0.3) is 0 Å². The van der Waals surface area contributed by atoms with E-state index in [2.05, 4.69) is 45.5 Å². The van der Waals surface area contributed by atoms with Gasteiger partial charge in [0, 0.05) is 23.8 Å². The standard InChI is InChI=1S/C15H19BrClN3/c1-3-18-15(7-4-11-9-19-20(2)10-11)12-5-6-13(16)14(17)8-12/h5-6,8-10,15,18H,3-4,7H2,1-2H3. The molecule has 1 unspecified atom stereocenters. The van der Waals surface area contributed by atoms with E-state index in [4.69, 9.17) is 11.6 Å². The van der Waals surface area contributed by atoms with Crippen molar-refractivity contribution in [3.8, 4) is 0 Å². The highest BCUT2D eigenvalue weighted by atomic mass is 79.9. The second-order valence-electron chi connectivity index (χ2n) is 4.84. The lowest BCUT2D eigenvalue weighted by Gasteiger charge is -2.18. The maximum Gasteiger partial charge on any atom is 0.0551 e. The molecule has 20 heavy (non-hydrogen) atoms. The predicted molar refractivity (Wildman–Crippen MR) is 87.1 cm³/mol. The first-order chi connectivity index (χ1) is 9.60. The summed E-state index contributed by atoms with van der Waals surface area (Å²) in [5.41, 5.74) is 2.49. The van der Waals surface area contributed by atoms with Crippen molar-refractivity contribution in [1.29, 1.82) is 0 Å². The van der Waals surface area contributed by atoms with Crippen molar-refractivity contribution in [3.05, 3.63) is 51.2 Å². The number of benzene rings is 1. The lowest BCUT2D eigenvalue weighted by Crippen LogP contribution is -2.21. The number of rotatable bonds is 6. The van der Waals surface area contributed by atoms with Gasteiger partial charge in [0.05, 0.1) is 11.2 Å². The number of hydrogen-bond donors (Lipinski definition) is 1. The second kappa shape index (κ2) is 7.25. The van der Waals surface area contributed by atoms with E-state index in [1.807, 2.05) is 30.1 Å². The average Bonchev–Trinajstić information content (AvgIpc) is 2.84. The maximum atomic E-state index is 6.19. The molecule has 1 N–H and O–H groups in total. The second-order valence-corrected chi connectivity index (χ2v) is 6.11. The van der Waals surface area contributed by atoms with Crippen molar-refractivity contribution in [2.75, 3.05) is 6.54 Å². The van der Waals surface area contributed by atoms with E-state index in [0.717, 1.165) is 28.9 Å². The van der Waals surface area contributed by atoms with Gasteiger partial charge in [-0.2, -0.15) is 5.10 Å². The van der Waals surface area contributed by atoms with E-state index in [-0.39, 0.29) is 0 Å². The zero-order valence-corrected chi connectivity index (χ0v) is 14.1. The average molecular weight is 357 g/mol. The lowest BCUT2D eigenvalue weighted by atomic mass is 10.00. The molecule has 1 atom stereocenters. The minimum Gasteiger partial charge on any atom is -0.310 e. The highest BCUT2D eigenvalue weighted by molar-refractivity contribution is 9.10. The molecule has 0 fully saturated rings. The number of aromatic nitrogens is 2. The Kier molecular flexibility index (Phi) is 5.64. The molecule has 1 aromatic carbocycles. The van der Waals surface area contributed by atoms with Gasteiger partial charge in [-0.25, -0.2) is 0 Å². The van der Waals surface area contributed by atoms with Crippen LogP contribution in [0.25, 0.3) is 0 Å².